The molecular formula is C17H14N2O3. The van der Waals surface area contributed by atoms with Crippen molar-refractivity contribution in [2.45, 2.75) is 12.5 Å². The summed E-state index contributed by atoms with van der Waals surface area (Å²) >= 11 is 0. The van der Waals surface area contributed by atoms with Gasteiger partial charge in [0.2, 0.25) is 5.78 Å². The molecule has 3 rings (SSSR count). The van der Waals surface area contributed by atoms with Crippen molar-refractivity contribution in [2.24, 2.45) is 0 Å². The number of ketones is 1. The molecule has 22 heavy (non-hydrogen) atoms. The molecule has 0 bridgehead atoms. The molecule has 0 saturated carbocycles. The summed E-state index contributed by atoms with van der Waals surface area (Å²) in [4.78, 5) is 19.9. The van der Waals surface area contributed by atoms with Crippen molar-refractivity contribution in [3.8, 4) is 0 Å². The van der Waals surface area contributed by atoms with Gasteiger partial charge >= 0.3 is 0 Å². The Morgan fingerprint density at radius 1 is 1.14 bits per heavy atom. The molecule has 0 aliphatic rings. The summed E-state index contributed by atoms with van der Waals surface area (Å²) in [6.07, 6.45) is 5.59. The molecule has 0 unspecified atom stereocenters. The fourth-order valence-electron chi connectivity index (χ4n) is 2.20. The average Bonchev–Trinajstić information content (AvgIpc) is 3.06. The van der Waals surface area contributed by atoms with Gasteiger partial charge < -0.3 is 9.52 Å². The van der Waals surface area contributed by atoms with E-state index in [9.17, 15) is 9.90 Å². The number of rotatable bonds is 4. The van der Waals surface area contributed by atoms with Crippen LogP contribution in [0.3, 0.4) is 0 Å². The summed E-state index contributed by atoms with van der Waals surface area (Å²) < 4.78 is 5.32. The SMILES string of the molecule is C[C@](O)(c1ccccc1)c1coc(C(=O)c2cncnc2)c1. The molecule has 5 nitrogen and oxygen atoms in total. The van der Waals surface area contributed by atoms with E-state index in [-0.39, 0.29) is 11.5 Å². The van der Waals surface area contributed by atoms with Crippen molar-refractivity contribution in [1.82, 2.24) is 9.97 Å². The summed E-state index contributed by atoms with van der Waals surface area (Å²) in [7, 11) is 0. The molecule has 0 aliphatic heterocycles. The summed E-state index contributed by atoms with van der Waals surface area (Å²) in [6.45, 7) is 1.66. The molecule has 110 valence electrons. The monoisotopic (exact) mass is 294 g/mol. The third-order valence-electron chi connectivity index (χ3n) is 3.54. The lowest BCUT2D eigenvalue weighted by Crippen LogP contribution is -2.21. The number of carbonyl (C=O) groups is 1. The maximum atomic E-state index is 12.3. The average molecular weight is 294 g/mol. The summed E-state index contributed by atoms with van der Waals surface area (Å²) in [5, 5.41) is 10.7. The van der Waals surface area contributed by atoms with Crippen molar-refractivity contribution < 1.29 is 14.3 Å². The normalized spacial score (nSPS) is 13.5. The van der Waals surface area contributed by atoms with E-state index in [1.165, 1.54) is 25.0 Å². The highest BCUT2D eigenvalue weighted by molar-refractivity contribution is 6.06. The molecule has 3 aromatic rings. The van der Waals surface area contributed by atoms with Crippen LogP contribution in [0.25, 0.3) is 0 Å². The lowest BCUT2D eigenvalue weighted by atomic mass is 9.90. The van der Waals surface area contributed by atoms with Crippen LogP contribution in [0.15, 0.2) is 65.8 Å². The molecule has 0 aliphatic carbocycles. The molecule has 1 aromatic carbocycles. The largest absolute Gasteiger partial charge is 0.460 e. The second-order valence-electron chi connectivity index (χ2n) is 5.09. The van der Waals surface area contributed by atoms with E-state index in [4.69, 9.17) is 4.42 Å². The van der Waals surface area contributed by atoms with Crippen LogP contribution in [0.5, 0.6) is 0 Å². The van der Waals surface area contributed by atoms with Crippen LogP contribution in [0.4, 0.5) is 0 Å². The van der Waals surface area contributed by atoms with Crippen LogP contribution in [0.1, 0.15) is 34.2 Å². The number of carbonyl (C=O) groups excluding carboxylic acids is 1. The minimum Gasteiger partial charge on any atom is -0.460 e. The Labute approximate surface area is 127 Å². The van der Waals surface area contributed by atoms with Crippen molar-refractivity contribution in [1.29, 1.82) is 0 Å². The van der Waals surface area contributed by atoms with Crippen LogP contribution in [0.2, 0.25) is 0 Å². The predicted octanol–water partition coefficient (Wildman–Crippen LogP) is 2.56. The van der Waals surface area contributed by atoms with Crippen LogP contribution in [-0.2, 0) is 5.60 Å². The third kappa shape index (κ3) is 2.54. The van der Waals surface area contributed by atoms with Gasteiger partial charge in [-0.3, -0.25) is 4.79 Å². The Kier molecular flexibility index (Phi) is 3.56. The zero-order chi connectivity index (χ0) is 15.6. The first-order chi connectivity index (χ1) is 10.6. The van der Waals surface area contributed by atoms with Crippen molar-refractivity contribution in [2.75, 3.05) is 0 Å². The molecule has 2 aromatic heterocycles. The van der Waals surface area contributed by atoms with Gasteiger partial charge in [0.15, 0.2) is 5.76 Å². The van der Waals surface area contributed by atoms with Crippen LogP contribution < -0.4 is 0 Å². The highest BCUT2D eigenvalue weighted by atomic mass is 16.3. The Balaban J connectivity index is 1.93. The number of aliphatic hydroxyl groups is 1. The number of furan rings is 1. The highest BCUT2D eigenvalue weighted by Crippen LogP contribution is 2.30. The minimum atomic E-state index is -1.24. The molecule has 0 fully saturated rings. The lowest BCUT2D eigenvalue weighted by molar-refractivity contribution is 0.100. The molecule has 0 saturated heterocycles. The van der Waals surface area contributed by atoms with Gasteiger partial charge in [-0.05, 0) is 18.6 Å². The van der Waals surface area contributed by atoms with Gasteiger partial charge in [-0.1, -0.05) is 30.3 Å². The minimum absolute atomic E-state index is 0.140. The van der Waals surface area contributed by atoms with Crippen molar-refractivity contribution in [3.05, 3.63) is 83.8 Å². The van der Waals surface area contributed by atoms with Gasteiger partial charge in [-0.2, -0.15) is 0 Å². The molecule has 5 heteroatoms. The first-order valence-electron chi connectivity index (χ1n) is 6.75. The Hall–Kier alpha value is -2.79. The van der Waals surface area contributed by atoms with Gasteiger partial charge in [-0.25, -0.2) is 9.97 Å². The molecule has 0 spiro atoms. The summed E-state index contributed by atoms with van der Waals surface area (Å²) in [6, 6.07) is 10.7. The highest BCUT2D eigenvalue weighted by Gasteiger charge is 2.28. The molecule has 1 atom stereocenters. The molecular weight excluding hydrogens is 280 g/mol. The van der Waals surface area contributed by atoms with E-state index >= 15 is 0 Å². The van der Waals surface area contributed by atoms with Gasteiger partial charge in [0.1, 0.15) is 11.9 Å². The Morgan fingerprint density at radius 2 is 1.82 bits per heavy atom. The van der Waals surface area contributed by atoms with Crippen molar-refractivity contribution in [3.63, 3.8) is 0 Å². The maximum absolute atomic E-state index is 12.3. The van der Waals surface area contributed by atoms with Crippen LogP contribution in [-0.4, -0.2) is 20.9 Å². The number of hydrogen-bond donors (Lipinski definition) is 1. The van der Waals surface area contributed by atoms with E-state index in [2.05, 4.69) is 9.97 Å². The van der Waals surface area contributed by atoms with E-state index < -0.39 is 5.60 Å². The zero-order valence-corrected chi connectivity index (χ0v) is 11.9. The quantitative estimate of drug-likeness (QED) is 0.748. The van der Waals surface area contributed by atoms with Crippen LogP contribution >= 0.6 is 0 Å². The topological polar surface area (TPSA) is 76.2 Å². The molecule has 0 radical (unpaired) electrons. The third-order valence-corrected chi connectivity index (χ3v) is 3.54. The standard InChI is InChI=1S/C17H14N2O3/c1-17(21,13-5-3-2-4-6-13)14-7-15(22-10-14)16(20)12-8-18-11-19-9-12/h2-11,21H,1H3/t17-/m0/s1. The fourth-order valence-corrected chi connectivity index (χ4v) is 2.20. The number of nitrogens with zero attached hydrogens (tertiary/aromatic N) is 2. The zero-order valence-electron chi connectivity index (χ0n) is 11.9. The lowest BCUT2D eigenvalue weighted by Gasteiger charge is -2.22. The van der Waals surface area contributed by atoms with Gasteiger partial charge in [0.25, 0.3) is 0 Å². The summed E-state index contributed by atoms with van der Waals surface area (Å²) in [5.74, 6) is -0.184. The summed E-state index contributed by atoms with van der Waals surface area (Å²) in [5.41, 5.74) is 0.329. The van der Waals surface area contributed by atoms with Crippen molar-refractivity contribution >= 4 is 5.78 Å². The second kappa shape index (κ2) is 5.54. The first-order valence-corrected chi connectivity index (χ1v) is 6.75. The molecule has 1 N–H and O–H groups in total. The number of aromatic nitrogens is 2. The van der Waals surface area contributed by atoms with E-state index in [1.807, 2.05) is 30.3 Å². The van der Waals surface area contributed by atoms with E-state index in [0.29, 0.717) is 11.1 Å². The molecule has 2 heterocycles. The van der Waals surface area contributed by atoms with E-state index in [0.717, 1.165) is 5.56 Å². The first kappa shape index (κ1) is 14.2. The molecule has 0 amide bonds. The maximum Gasteiger partial charge on any atom is 0.231 e. The smallest absolute Gasteiger partial charge is 0.231 e. The number of hydrogen-bond acceptors (Lipinski definition) is 5. The van der Waals surface area contributed by atoms with Crippen LogP contribution in [0, 0.1) is 0 Å². The number of benzene rings is 1. The van der Waals surface area contributed by atoms with E-state index in [1.54, 1.807) is 13.0 Å². The second-order valence-corrected chi connectivity index (χ2v) is 5.09. The Morgan fingerprint density at radius 3 is 2.50 bits per heavy atom. The fraction of sp³-hybridized carbons (Fsp3) is 0.118. The van der Waals surface area contributed by atoms with Gasteiger partial charge in [-0.15, -0.1) is 0 Å². The van der Waals surface area contributed by atoms with Gasteiger partial charge in [0.05, 0.1) is 11.8 Å². The van der Waals surface area contributed by atoms with Gasteiger partial charge in [0, 0.05) is 18.0 Å². The predicted molar refractivity (Wildman–Crippen MR) is 79.3 cm³/mol. The Bertz CT molecular complexity index is 780.